The summed E-state index contributed by atoms with van der Waals surface area (Å²) in [6.07, 6.45) is 1.78. The smallest absolute Gasteiger partial charge is 0.243 e. The number of hydrogen-bond donors (Lipinski definition) is 2. The van der Waals surface area contributed by atoms with Crippen molar-refractivity contribution in [2.24, 2.45) is 0 Å². The number of nitrogens with one attached hydrogen (secondary N) is 2. The van der Waals surface area contributed by atoms with Gasteiger partial charge in [0.05, 0.1) is 21.7 Å². The highest BCUT2D eigenvalue weighted by Gasteiger charge is 2.27. The van der Waals surface area contributed by atoms with Crippen LogP contribution in [-0.4, -0.2) is 57.1 Å². The van der Waals surface area contributed by atoms with E-state index < -0.39 is 10.0 Å². The zero-order valence-electron chi connectivity index (χ0n) is 16.5. The Morgan fingerprint density at radius 2 is 1.84 bits per heavy atom. The van der Waals surface area contributed by atoms with E-state index in [2.05, 4.69) is 20.5 Å². The Morgan fingerprint density at radius 3 is 2.61 bits per heavy atom. The average molecular weight is 457 g/mol. The summed E-state index contributed by atoms with van der Waals surface area (Å²) < 4.78 is 28.6. The van der Waals surface area contributed by atoms with E-state index in [-0.39, 0.29) is 16.6 Å². The Balaban J connectivity index is 1.24. The predicted octanol–water partition coefficient (Wildman–Crippen LogP) is 2.73. The van der Waals surface area contributed by atoms with E-state index in [0.29, 0.717) is 29.7 Å². The van der Waals surface area contributed by atoms with Gasteiger partial charge in [0.2, 0.25) is 21.7 Å². The van der Waals surface area contributed by atoms with Gasteiger partial charge < -0.3 is 5.32 Å². The van der Waals surface area contributed by atoms with Crippen LogP contribution < -0.4 is 5.32 Å². The maximum Gasteiger partial charge on any atom is 0.243 e. The molecule has 3 heterocycles. The molecule has 160 valence electrons. The van der Waals surface area contributed by atoms with Crippen LogP contribution in [-0.2, 0) is 14.8 Å². The maximum atomic E-state index is 12.6. The second-order valence-corrected chi connectivity index (χ2v) is 10.1. The normalized spacial score (nSPS) is 15.1. The molecule has 0 aliphatic carbocycles. The van der Waals surface area contributed by atoms with Crippen molar-refractivity contribution in [3.05, 3.63) is 48.5 Å². The van der Waals surface area contributed by atoms with Crippen LogP contribution in [0, 0.1) is 0 Å². The fraction of sp³-hybridized carbons (Fsp3) is 0.250. The minimum absolute atomic E-state index is 0.153. The Labute approximate surface area is 182 Å². The average Bonchev–Trinajstić information content (AvgIpc) is 3.50. The van der Waals surface area contributed by atoms with Crippen molar-refractivity contribution in [2.75, 3.05) is 24.2 Å². The van der Waals surface area contributed by atoms with Crippen LogP contribution in [0.5, 0.6) is 0 Å². The predicted molar refractivity (Wildman–Crippen MR) is 119 cm³/mol. The molecule has 9 nitrogen and oxygen atoms in total. The van der Waals surface area contributed by atoms with Crippen LogP contribution in [0.25, 0.3) is 16.8 Å². The number of aromatic nitrogens is 4. The first kappa shape index (κ1) is 20.0. The van der Waals surface area contributed by atoms with Gasteiger partial charge in [0.15, 0.2) is 5.16 Å². The van der Waals surface area contributed by atoms with E-state index in [4.69, 9.17) is 0 Å². The highest BCUT2D eigenvalue weighted by molar-refractivity contribution is 7.99. The minimum Gasteiger partial charge on any atom is -0.325 e. The number of fused-ring (bicyclic) bond motifs is 3. The molecule has 31 heavy (non-hydrogen) atoms. The van der Waals surface area contributed by atoms with Gasteiger partial charge >= 0.3 is 0 Å². The lowest BCUT2D eigenvalue weighted by molar-refractivity contribution is -0.113. The molecule has 0 saturated carbocycles. The quantitative estimate of drug-likeness (QED) is 0.432. The van der Waals surface area contributed by atoms with Gasteiger partial charge in [0.25, 0.3) is 0 Å². The molecule has 1 saturated heterocycles. The van der Waals surface area contributed by atoms with Crippen molar-refractivity contribution >= 4 is 50.2 Å². The number of thioether (sulfide) groups is 1. The fourth-order valence-electron chi connectivity index (χ4n) is 3.65. The van der Waals surface area contributed by atoms with Crippen molar-refractivity contribution in [3.63, 3.8) is 0 Å². The van der Waals surface area contributed by atoms with Gasteiger partial charge in [-0.1, -0.05) is 23.9 Å². The van der Waals surface area contributed by atoms with Crippen LogP contribution in [0.3, 0.4) is 0 Å². The molecule has 11 heteroatoms. The second-order valence-electron chi connectivity index (χ2n) is 7.24. The summed E-state index contributed by atoms with van der Waals surface area (Å²) >= 11 is 1.29. The molecule has 4 aromatic rings. The summed E-state index contributed by atoms with van der Waals surface area (Å²) in [6.45, 7) is 1.12. The van der Waals surface area contributed by atoms with Gasteiger partial charge in [-0.2, -0.15) is 4.31 Å². The molecule has 2 N–H and O–H groups in total. The molecule has 0 bridgehead atoms. The van der Waals surface area contributed by atoms with Gasteiger partial charge in [0, 0.05) is 18.8 Å². The molecule has 1 amide bonds. The van der Waals surface area contributed by atoms with E-state index in [1.807, 2.05) is 28.7 Å². The van der Waals surface area contributed by atoms with Crippen LogP contribution in [0.2, 0.25) is 0 Å². The number of para-hydroxylation sites is 2. The van der Waals surface area contributed by atoms with E-state index in [1.165, 1.54) is 28.2 Å². The largest absolute Gasteiger partial charge is 0.325 e. The van der Waals surface area contributed by atoms with Gasteiger partial charge in [-0.25, -0.2) is 18.5 Å². The van der Waals surface area contributed by atoms with E-state index in [0.717, 1.165) is 23.9 Å². The van der Waals surface area contributed by atoms with Crippen molar-refractivity contribution in [3.8, 4) is 0 Å². The van der Waals surface area contributed by atoms with Crippen LogP contribution >= 0.6 is 11.8 Å². The summed E-state index contributed by atoms with van der Waals surface area (Å²) in [5.41, 5.74) is 2.32. The number of benzene rings is 2. The first-order chi connectivity index (χ1) is 15.0. The minimum atomic E-state index is -3.46. The maximum absolute atomic E-state index is 12.6. The van der Waals surface area contributed by atoms with Crippen LogP contribution in [0.4, 0.5) is 5.69 Å². The highest BCUT2D eigenvalue weighted by Crippen LogP contribution is 2.24. The van der Waals surface area contributed by atoms with Crippen LogP contribution in [0.1, 0.15) is 12.8 Å². The van der Waals surface area contributed by atoms with Gasteiger partial charge in [0.1, 0.15) is 0 Å². The number of nitrogens with zero attached hydrogens (tertiary/aromatic N) is 4. The molecule has 1 aliphatic heterocycles. The van der Waals surface area contributed by atoms with Crippen molar-refractivity contribution in [1.82, 2.24) is 23.9 Å². The summed E-state index contributed by atoms with van der Waals surface area (Å²) in [5.74, 6) is 0.569. The number of hydrogen-bond acceptors (Lipinski definition) is 6. The summed E-state index contributed by atoms with van der Waals surface area (Å²) in [6, 6.07) is 14.0. The molecule has 0 radical (unpaired) electrons. The van der Waals surface area contributed by atoms with E-state index >= 15 is 0 Å². The van der Waals surface area contributed by atoms with Crippen LogP contribution in [0.15, 0.2) is 58.6 Å². The number of amides is 1. The Bertz CT molecular complexity index is 1350. The third kappa shape index (κ3) is 3.80. The Hall–Kier alpha value is -2.89. The van der Waals surface area contributed by atoms with Crippen molar-refractivity contribution in [1.29, 1.82) is 0 Å². The van der Waals surface area contributed by atoms with Crippen molar-refractivity contribution in [2.45, 2.75) is 22.9 Å². The first-order valence-electron chi connectivity index (χ1n) is 9.87. The molecule has 1 aliphatic rings. The molecular weight excluding hydrogens is 436 g/mol. The van der Waals surface area contributed by atoms with E-state index in [9.17, 15) is 13.2 Å². The lowest BCUT2D eigenvalue weighted by Crippen LogP contribution is -2.27. The van der Waals surface area contributed by atoms with Gasteiger partial charge in [-0.3, -0.25) is 9.20 Å². The molecule has 0 atom stereocenters. The highest BCUT2D eigenvalue weighted by atomic mass is 32.2. The lowest BCUT2D eigenvalue weighted by Gasteiger charge is -2.15. The second kappa shape index (κ2) is 7.98. The standard InChI is InChI=1S/C20H20N6O3S2/c27-18(13-30-20-24-23-19-22-16-5-1-2-6-17(16)26(19)20)21-14-7-9-15(10-8-14)31(28,29)25-11-3-4-12-25/h1-2,5-10H,3-4,11-13H2,(H,21,27)(H,22,23). The molecule has 2 aromatic heterocycles. The number of imidazole rings is 1. The van der Waals surface area contributed by atoms with Crippen molar-refractivity contribution < 1.29 is 13.2 Å². The number of carbonyl (C=O) groups excluding carboxylic acids is 1. The number of rotatable bonds is 6. The third-order valence-electron chi connectivity index (χ3n) is 5.18. The number of H-pyrrole nitrogens is 1. The summed E-state index contributed by atoms with van der Waals surface area (Å²) in [4.78, 5) is 17.1. The molecule has 1 fully saturated rings. The molecule has 2 aromatic carbocycles. The summed E-state index contributed by atoms with van der Waals surface area (Å²) in [5, 5.41) is 10.6. The topological polar surface area (TPSA) is 112 Å². The first-order valence-corrected chi connectivity index (χ1v) is 12.3. The summed E-state index contributed by atoms with van der Waals surface area (Å²) in [7, 11) is -3.46. The molecular formula is C20H20N6O3S2. The lowest BCUT2D eigenvalue weighted by atomic mass is 10.3. The van der Waals surface area contributed by atoms with E-state index in [1.54, 1.807) is 12.1 Å². The fourth-order valence-corrected chi connectivity index (χ4v) is 5.93. The Morgan fingerprint density at radius 1 is 1.10 bits per heavy atom. The number of carbonyl (C=O) groups is 1. The third-order valence-corrected chi connectivity index (χ3v) is 8.03. The molecule has 5 rings (SSSR count). The Kier molecular flexibility index (Phi) is 5.16. The van der Waals surface area contributed by atoms with Gasteiger partial charge in [-0.15, -0.1) is 5.10 Å². The monoisotopic (exact) mass is 456 g/mol. The zero-order chi connectivity index (χ0) is 21.4. The van der Waals surface area contributed by atoms with Gasteiger partial charge in [-0.05, 0) is 49.2 Å². The number of sulfonamides is 1. The number of aromatic amines is 1. The SMILES string of the molecule is O=C(CSc1n[nH]c2nc3ccccc3n12)Nc1ccc(S(=O)(=O)N2CCCC2)cc1. The molecule has 0 spiro atoms. The molecule has 0 unspecified atom stereocenters. The zero-order valence-corrected chi connectivity index (χ0v) is 18.1. The number of anilines is 1.